The summed E-state index contributed by atoms with van der Waals surface area (Å²) < 4.78 is 29.8. The summed E-state index contributed by atoms with van der Waals surface area (Å²) in [5.41, 5.74) is 2.07. The molecule has 2 fully saturated rings. The molecule has 126 valence electrons. The van der Waals surface area contributed by atoms with Gasteiger partial charge in [0.1, 0.15) is 0 Å². The van der Waals surface area contributed by atoms with Crippen LogP contribution in [0.25, 0.3) is 0 Å². The Morgan fingerprint density at radius 3 is 2.65 bits per heavy atom. The first-order valence-electron chi connectivity index (χ1n) is 8.18. The number of benzene rings is 1. The summed E-state index contributed by atoms with van der Waals surface area (Å²) in [6.45, 7) is 2.18. The van der Waals surface area contributed by atoms with Crippen LogP contribution in [0.15, 0.2) is 24.3 Å². The number of sulfone groups is 1. The van der Waals surface area contributed by atoms with E-state index in [1.165, 1.54) is 18.4 Å². The predicted octanol–water partition coefficient (Wildman–Crippen LogP) is 1.73. The Labute approximate surface area is 137 Å². The minimum Gasteiger partial charge on any atom is -0.378 e. The van der Waals surface area contributed by atoms with Crippen LogP contribution >= 0.6 is 0 Å². The van der Waals surface area contributed by atoms with Crippen molar-refractivity contribution >= 4 is 15.7 Å². The lowest BCUT2D eigenvalue weighted by Gasteiger charge is -2.26. The van der Waals surface area contributed by atoms with Crippen molar-refractivity contribution in [1.29, 1.82) is 0 Å². The number of carbonyl (C=O) groups excluding carboxylic acids is 1. The number of nitrogens with zero attached hydrogens (tertiary/aromatic N) is 1. The van der Waals surface area contributed by atoms with E-state index in [-0.39, 0.29) is 23.8 Å². The average molecular weight is 337 g/mol. The van der Waals surface area contributed by atoms with Gasteiger partial charge in [-0.25, -0.2) is 8.42 Å². The zero-order chi connectivity index (χ0) is 16.3. The zero-order valence-corrected chi connectivity index (χ0v) is 14.1. The van der Waals surface area contributed by atoms with Crippen LogP contribution in [-0.4, -0.2) is 51.3 Å². The molecule has 1 heterocycles. The molecule has 0 radical (unpaired) electrons. The molecular weight excluding hydrogens is 314 g/mol. The summed E-state index contributed by atoms with van der Waals surface area (Å²) in [5.74, 6) is 0.449. The van der Waals surface area contributed by atoms with E-state index in [2.05, 4.69) is 6.07 Å². The number of amides is 1. The van der Waals surface area contributed by atoms with E-state index in [9.17, 15) is 13.2 Å². The van der Waals surface area contributed by atoms with Gasteiger partial charge in [-0.15, -0.1) is 0 Å². The number of hydrogen-bond donors (Lipinski definition) is 0. The van der Waals surface area contributed by atoms with E-state index in [0.717, 1.165) is 5.56 Å². The molecule has 23 heavy (non-hydrogen) atoms. The lowest BCUT2D eigenvalue weighted by atomic mass is 10.1. The Bertz CT molecular complexity index is 661. The normalized spacial score (nSPS) is 18.9. The largest absolute Gasteiger partial charge is 0.378 e. The Kier molecular flexibility index (Phi) is 5.02. The van der Waals surface area contributed by atoms with Gasteiger partial charge in [-0.3, -0.25) is 4.79 Å². The van der Waals surface area contributed by atoms with Crippen molar-refractivity contribution in [2.45, 2.75) is 30.9 Å². The summed E-state index contributed by atoms with van der Waals surface area (Å²) in [7, 11) is -3.27. The van der Waals surface area contributed by atoms with Crippen LogP contribution in [-0.2, 0) is 25.1 Å². The first-order valence-corrected chi connectivity index (χ1v) is 10.0. The molecule has 0 atom stereocenters. The molecule has 0 bridgehead atoms. The summed E-state index contributed by atoms with van der Waals surface area (Å²) in [6.07, 6.45) is 2.46. The van der Waals surface area contributed by atoms with Gasteiger partial charge in [0.2, 0.25) is 5.91 Å². The van der Waals surface area contributed by atoms with E-state index >= 15 is 0 Å². The number of ether oxygens (including phenoxy) is 1. The van der Waals surface area contributed by atoms with E-state index < -0.39 is 9.84 Å². The smallest absolute Gasteiger partial charge is 0.223 e. The van der Waals surface area contributed by atoms with Crippen LogP contribution in [0.4, 0.5) is 0 Å². The first-order chi connectivity index (χ1) is 11.0. The molecule has 1 saturated carbocycles. The summed E-state index contributed by atoms with van der Waals surface area (Å²) in [6, 6.07) is 7.85. The molecule has 1 aromatic carbocycles. The van der Waals surface area contributed by atoms with Gasteiger partial charge in [0, 0.05) is 19.5 Å². The molecule has 1 aliphatic carbocycles. The summed E-state index contributed by atoms with van der Waals surface area (Å²) in [5, 5.41) is 0. The highest BCUT2D eigenvalue weighted by Gasteiger charge is 2.24. The zero-order valence-electron chi connectivity index (χ0n) is 13.2. The predicted molar refractivity (Wildman–Crippen MR) is 87.9 cm³/mol. The first kappa shape index (κ1) is 16.5. The molecule has 0 N–H and O–H groups in total. The second kappa shape index (κ2) is 7.01. The Hall–Kier alpha value is -1.40. The maximum atomic E-state index is 12.3. The molecule has 0 unspecified atom stereocenters. The third kappa shape index (κ3) is 4.78. The van der Waals surface area contributed by atoms with E-state index in [1.807, 2.05) is 18.2 Å². The van der Waals surface area contributed by atoms with Gasteiger partial charge < -0.3 is 9.64 Å². The second-order valence-corrected chi connectivity index (χ2v) is 8.54. The Morgan fingerprint density at radius 1 is 1.22 bits per heavy atom. The maximum absolute atomic E-state index is 12.3. The van der Waals surface area contributed by atoms with Crippen LogP contribution in [0, 0.1) is 0 Å². The van der Waals surface area contributed by atoms with Gasteiger partial charge in [-0.1, -0.05) is 24.3 Å². The minimum atomic E-state index is -3.27. The van der Waals surface area contributed by atoms with Crippen LogP contribution in [0.1, 0.15) is 36.3 Å². The van der Waals surface area contributed by atoms with E-state index in [4.69, 9.17) is 4.74 Å². The van der Waals surface area contributed by atoms with Gasteiger partial charge in [0.25, 0.3) is 0 Å². The lowest BCUT2D eigenvalue weighted by Crippen LogP contribution is -2.41. The highest BCUT2D eigenvalue weighted by Crippen LogP contribution is 2.40. The molecule has 5 nitrogen and oxygen atoms in total. The molecule has 1 aliphatic heterocycles. The number of hydrogen-bond acceptors (Lipinski definition) is 4. The third-order valence-corrected chi connectivity index (χ3v) is 5.98. The molecule has 1 saturated heterocycles. The van der Waals surface area contributed by atoms with Crippen molar-refractivity contribution in [3.8, 4) is 0 Å². The van der Waals surface area contributed by atoms with E-state index in [1.54, 1.807) is 4.90 Å². The Morgan fingerprint density at radius 2 is 1.96 bits per heavy atom. The quantitative estimate of drug-likeness (QED) is 0.793. The molecule has 2 aliphatic rings. The van der Waals surface area contributed by atoms with Gasteiger partial charge >= 0.3 is 0 Å². The van der Waals surface area contributed by atoms with Crippen molar-refractivity contribution < 1.29 is 17.9 Å². The van der Waals surface area contributed by atoms with Crippen LogP contribution in [0.5, 0.6) is 0 Å². The average Bonchev–Trinajstić information content (AvgIpc) is 3.38. The molecule has 6 heteroatoms. The molecule has 1 aromatic rings. The minimum absolute atomic E-state index is 0.0178. The van der Waals surface area contributed by atoms with Gasteiger partial charge in [0.05, 0.1) is 24.7 Å². The van der Waals surface area contributed by atoms with Gasteiger partial charge in [0.15, 0.2) is 9.84 Å². The molecule has 0 aromatic heterocycles. The highest BCUT2D eigenvalue weighted by molar-refractivity contribution is 7.90. The van der Waals surface area contributed by atoms with Crippen LogP contribution in [0.2, 0.25) is 0 Å². The van der Waals surface area contributed by atoms with Gasteiger partial charge in [-0.05, 0) is 29.9 Å². The van der Waals surface area contributed by atoms with Crippen LogP contribution < -0.4 is 0 Å². The second-order valence-electron chi connectivity index (χ2n) is 6.35. The van der Waals surface area contributed by atoms with Gasteiger partial charge in [-0.2, -0.15) is 0 Å². The fourth-order valence-electron chi connectivity index (χ4n) is 2.89. The lowest BCUT2D eigenvalue weighted by molar-refractivity contribution is -0.134. The van der Waals surface area contributed by atoms with Crippen molar-refractivity contribution in [1.82, 2.24) is 4.90 Å². The topological polar surface area (TPSA) is 63.7 Å². The SMILES string of the molecule is O=C(CCS(=O)(=O)Cc1cccc(C2CC2)c1)N1CCOCC1. The number of rotatable bonds is 6. The molecule has 3 rings (SSSR count). The summed E-state index contributed by atoms with van der Waals surface area (Å²) in [4.78, 5) is 13.7. The molecule has 0 spiro atoms. The van der Waals surface area contributed by atoms with Crippen molar-refractivity contribution in [2.24, 2.45) is 0 Å². The molecular formula is C17H23NO4S. The number of carbonyl (C=O) groups is 1. The fraction of sp³-hybridized carbons (Fsp3) is 0.588. The third-order valence-electron chi connectivity index (χ3n) is 4.38. The highest BCUT2D eigenvalue weighted by atomic mass is 32.2. The molecule has 1 amide bonds. The maximum Gasteiger partial charge on any atom is 0.223 e. The fourth-order valence-corrected chi connectivity index (χ4v) is 4.21. The van der Waals surface area contributed by atoms with Crippen LogP contribution in [0.3, 0.4) is 0 Å². The number of morpholine rings is 1. The van der Waals surface area contributed by atoms with Crippen molar-refractivity contribution in [3.63, 3.8) is 0 Å². The monoisotopic (exact) mass is 337 g/mol. The Balaban J connectivity index is 1.54. The standard InChI is InChI=1S/C17H23NO4S/c19-17(18-7-9-22-10-8-18)6-11-23(20,21)13-14-2-1-3-16(12-14)15-4-5-15/h1-3,12,15H,4-11,13H2. The summed E-state index contributed by atoms with van der Waals surface area (Å²) >= 11 is 0. The van der Waals surface area contributed by atoms with E-state index in [0.29, 0.717) is 32.2 Å². The van der Waals surface area contributed by atoms with Crippen molar-refractivity contribution in [3.05, 3.63) is 35.4 Å². The van der Waals surface area contributed by atoms with Crippen molar-refractivity contribution in [2.75, 3.05) is 32.1 Å².